The molecule has 1 N–H and O–H groups in total. The lowest BCUT2D eigenvalue weighted by Crippen LogP contribution is -2.47. The molecule has 6 nitrogen and oxygen atoms in total. The Balaban J connectivity index is 1.29. The molecule has 4 rings (SSSR count). The van der Waals surface area contributed by atoms with Crippen LogP contribution in [-0.2, 0) is 6.18 Å². The van der Waals surface area contributed by atoms with Crippen LogP contribution in [-0.4, -0.2) is 59.1 Å². The van der Waals surface area contributed by atoms with E-state index in [4.69, 9.17) is 0 Å². The van der Waals surface area contributed by atoms with Crippen molar-refractivity contribution in [3.05, 3.63) is 54.0 Å². The molecule has 0 atom stereocenters. The first-order chi connectivity index (χ1) is 14.8. The van der Waals surface area contributed by atoms with Crippen molar-refractivity contribution in [2.45, 2.75) is 6.18 Å². The number of hydrogen-bond donors (Lipinski definition) is 1. The fourth-order valence-corrected chi connectivity index (χ4v) is 3.47. The van der Waals surface area contributed by atoms with Gasteiger partial charge in [-0.3, -0.25) is 4.90 Å². The van der Waals surface area contributed by atoms with Gasteiger partial charge in [-0.1, -0.05) is 0 Å². The van der Waals surface area contributed by atoms with E-state index in [1.165, 1.54) is 12.4 Å². The lowest BCUT2D eigenvalue weighted by atomic mass is 10.2. The maximum Gasteiger partial charge on any atom is 0.417 e. The lowest BCUT2D eigenvalue weighted by molar-refractivity contribution is -0.137. The van der Waals surface area contributed by atoms with Gasteiger partial charge in [0.25, 0.3) is 0 Å². The van der Waals surface area contributed by atoms with E-state index in [0.717, 1.165) is 37.5 Å². The fraction of sp³-hybridized carbons (Fsp3) is 0.350. The number of halogens is 5. The maximum absolute atomic E-state index is 13.6. The van der Waals surface area contributed by atoms with Crippen LogP contribution in [0.15, 0.2) is 36.8 Å². The number of alkyl halides is 3. The molecular weight excluding hydrogens is 419 g/mol. The molecule has 0 aliphatic carbocycles. The average Bonchev–Trinajstić information content (AvgIpc) is 2.75. The Labute approximate surface area is 174 Å². The molecule has 1 aromatic carbocycles. The number of pyridine rings is 1. The largest absolute Gasteiger partial charge is 0.417 e. The number of aromatic nitrogens is 3. The Morgan fingerprint density at radius 1 is 0.935 bits per heavy atom. The second-order valence-corrected chi connectivity index (χ2v) is 7.16. The Hall–Kier alpha value is -3.08. The average molecular weight is 438 g/mol. The van der Waals surface area contributed by atoms with Crippen LogP contribution in [0.3, 0.4) is 0 Å². The second kappa shape index (κ2) is 8.58. The third-order valence-corrected chi connectivity index (χ3v) is 5.17. The minimum Gasteiger partial charge on any atom is -0.368 e. The minimum atomic E-state index is -4.40. The minimum absolute atomic E-state index is 0.314. The highest BCUT2D eigenvalue weighted by atomic mass is 19.4. The molecule has 0 saturated carbocycles. The molecule has 31 heavy (non-hydrogen) atoms. The molecule has 0 radical (unpaired) electrons. The number of hydrogen-bond acceptors (Lipinski definition) is 6. The van der Waals surface area contributed by atoms with Gasteiger partial charge in [0.2, 0.25) is 0 Å². The molecule has 1 aliphatic heterocycles. The Bertz CT molecular complexity index is 1050. The third kappa shape index (κ3) is 4.82. The van der Waals surface area contributed by atoms with Crippen LogP contribution in [0.2, 0.25) is 0 Å². The summed E-state index contributed by atoms with van der Waals surface area (Å²) in [6.45, 7) is 3.93. The first kappa shape index (κ1) is 21.2. The van der Waals surface area contributed by atoms with Crippen LogP contribution < -0.4 is 10.2 Å². The summed E-state index contributed by atoms with van der Waals surface area (Å²) in [6.07, 6.45) is -2.25. The number of nitrogens with zero attached hydrogens (tertiary/aromatic N) is 5. The highest BCUT2D eigenvalue weighted by molar-refractivity contribution is 5.88. The summed E-state index contributed by atoms with van der Waals surface area (Å²) in [4.78, 5) is 16.1. The molecule has 0 spiro atoms. The molecule has 164 valence electrons. The highest BCUT2D eigenvalue weighted by Gasteiger charge is 2.31. The van der Waals surface area contributed by atoms with E-state index in [-0.39, 0.29) is 0 Å². The second-order valence-electron chi connectivity index (χ2n) is 7.16. The van der Waals surface area contributed by atoms with Gasteiger partial charge in [-0.2, -0.15) is 13.2 Å². The van der Waals surface area contributed by atoms with Crippen molar-refractivity contribution in [1.82, 2.24) is 19.9 Å². The van der Waals surface area contributed by atoms with E-state index in [1.54, 1.807) is 0 Å². The zero-order valence-electron chi connectivity index (χ0n) is 16.3. The molecule has 0 bridgehead atoms. The summed E-state index contributed by atoms with van der Waals surface area (Å²) in [7, 11) is 0. The number of fused-ring (bicyclic) bond motifs is 1. The first-order valence-corrected chi connectivity index (χ1v) is 9.65. The van der Waals surface area contributed by atoms with Crippen molar-refractivity contribution >= 4 is 22.5 Å². The van der Waals surface area contributed by atoms with E-state index in [0.29, 0.717) is 48.7 Å². The summed E-state index contributed by atoms with van der Waals surface area (Å²) in [5.74, 6) is -0.972. The monoisotopic (exact) mass is 438 g/mol. The molecule has 0 unspecified atom stereocenters. The molecule has 3 heterocycles. The molecular formula is C20H19F5N6. The van der Waals surface area contributed by atoms with Crippen molar-refractivity contribution in [1.29, 1.82) is 0 Å². The van der Waals surface area contributed by atoms with Crippen molar-refractivity contribution in [2.24, 2.45) is 0 Å². The summed E-state index contributed by atoms with van der Waals surface area (Å²) in [6, 6.07) is 4.54. The van der Waals surface area contributed by atoms with Gasteiger partial charge in [0.05, 0.1) is 11.1 Å². The normalized spacial score (nSPS) is 15.5. The van der Waals surface area contributed by atoms with Crippen molar-refractivity contribution in [2.75, 3.05) is 49.5 Å². The molecule has 1 fully saturated rings. The number of rotatable bonds is 5. The quantitative estimate of drug-likeness (QED) is 0.615. The SMILES string of the molecule is Fc1cc2ncnc(NCCN3CCN(c4ccc(C(F)(F)F)cn4)CC3)c2cc1F. The topological polar surface area (TPSA) is 57.2 Å². The Morgan fingerprint density at radius 2 is 1.68 bits per heavy atom. The van der Waals surface area contributed by atoms with Crippen LogP contribution >= 0.6 is 0 Å². The predicted molar refractivity (Wildman–Crippen MR) is 106 cm³/mol. The molecule has 1 saturated heterocycles. The van der Waals surface area contributed by atoms with E-state index >= 15 is 0 Å². The van der Waals surface area contributed by atoms with Crippen molar-refractivity contribution in [3.8, 4) is 0 Å². The predicted octanol–water partition coefficient (Wildman–Crippen LogP) is 3.56. The van der Waals surface area contributed by atoms with Gasteiger partial charge in [-0.05, 0) is 18.2 Å². The fourth-order valence-electron chi connectivity index (χ4n) is 3.47. The summed E-state index contributed by atoms with van der Waals surface area (Å²) in [5, 5.41) is 3.53. The molecule has 11 heteroatoms. The summed E-state index contributed by atoms with van der Waals surface area (Å²) >= 11 is 0. The Kier molecular flexibility index (Phi) is 5.86. The van der Waals surface area contributed by atoms with Crippen LogP contribution in [0.4, 0.5) is 33.6 Å². The van der Waals surface area contributed by atoms with Crippen LogP contribution in [0.1, 0.15) is 5.56 Å². The van der Waals surface area contributed by atoms with E-state index in [1.807, 2.05) is 4.90 Å². The maximum atomic E-state index is 13.6. The molecule has 3 aromatic rings. The zero-order valence-corrected chi connectivity index (χ0v) is 16.3. The van der Waals surface area contributed by atoms with Gasteiger partial charge in [0.15, 0.2) is 11.6 Å². The van der Waals surface area contributed by atoms with Gasteiger partial charge in [-0.25, -0.2) is 23.7 Å². The highest BCUT2D eigenvalue weighted by Crippen LogP contribution is 2.29. The number of benzene rings is 1. The number of anilines is 2. The van der Waals surface area contributed by atoms with Crippen LogP contribution in [0, 0.1) is 11.6 Å². The molecule has 2 aromatic heterocycles. The van der Waals surface area contributed by atoms with E-state index < -0.39 is 23.4 Å². The zero-order chi connectivity index (χ0) is 22.0. The number of piperazine rings is 1. The first-order valence-electron chi connectivity index (χ1n) is 9.65. The van der Waals surface area contributed by atoms with Crippen LogP contribution in [0.5, 0.6) is 0 Å². The van der Waals surface area contributed by atoms with Gasteiger partial charge in [-0.15, -0.1) is 0 Å². The van der Waals surface area contributed by atoms with Crippen molar-refractivity contribution in [3.63, 3.8) is 0 Å². The van der Waals surface area contributed by atoms with Gasteiger partial charge < -0.3 is 10.2 Å². The molecule has 0 amide bonds. The third-order valence-electron chi connectivity index (χ3n) is 5.17. The van der Waals surface area contributed by atoms with Crippen LogP contribution in [0.25, 0.3) is 10.9 Å². The van der Waals surface area contributed by atoms with Gasteiger partial charge in [0, 0.05) is 56.9 Å². The standard InChI is InChI=1S/C20H19F5N6/c21-15-9-14-17(10-16(15)22)28-12-29-19(14)26-3-4-30-5-7-31(8-6-30)18-2-1-13(11-27-18)20(23,24)25/h1-2,9-12H,3-8H2,(H,26,28,29). The lowest BCUT2D eigenvalue weighted by Gasteiger charge is -2.35. The van der Waals surface area contributed by atoms with E-state index in [9.17, 15) is 22.0 Å². The van der Waals surface area contributed by atoms with Gasteiger partial charge >= 0.3 is 6.18 Å². The van der Waals surface area contributed by atoms with Crippen molar-refractivity contribution < 1.29 is 22.0 Å². The van der Waals surface area contributed by atoms with E-state index in [2.05, 4.69) is 25.2 Å². The van der Waals surface area contributed by atoms with Gasteiger partial charge in [0.1, 0.15) is 18.0 Å². The smallest absolute Gasteiger partial charge is 0.368 e. The Morgan fingerprint density at radius 3 is 2.35 bits per heavy atom. The number of nitrogens with one attached hydrogen (secondary N) is 1. The molecule has 1 aliphatic rings. The summed E-state index contributed by atoms with van der Waals surface area (Å²) in [5.41, 5.74) is -0.449. The summed E-state index contributed by atoms with van der Waals surface area (Å²) < 4.78 is 65.0.